The maximum Gasteiger partial charge on any atom is 0.0405 e. The monoisotopic (exact) mass is 189 g/mol. The van der Waals surface area contributed by atoms with Crippen LogP contribution in [0.5, 0.6) is 0 Å². The van der Waals surface area contributed by atoms with E-state index in [0.717, 1.165) is 24.6 Å². The minimum Gasteiger partial charge on any atom is -0.310 e. The van der Waals surface area contributed by atoms with Crippen molar-refractivity contribution in [2.45, 2.75) is 45.1 Å². The van der Waals surface area contributed by atoms with Gasteiger partial charge >= 0.3 is 0 Å². The molecule has 2 heteroatoms. The maximum absolute atomic E-state index is 5.97. The lowest BCUT2D eigenvalue weighted by atomic mass is 9.95. The predicted octanol–water partition coefficient (Wildman–Crippen LogP) is 2.78. The lowest BCUT2D eigenvalue weighted by molar-refractivity contribution is 0.331. The van der Waals surface area contributed by atoms with Crippen molar-refractivity contribution in [3.8, 4) is 0 Å². The Morgan fingerprint density at radius 2 is 1.92 bits per heavy atom. The fourth-order valence-corrected chi connectivity index (χ4v) is 1.89. The number of halogens is 1. The summed E-state index contributed by atoms with van der Waals surface area (Å²) in [5.74, 6) is 1.69. The zero-order chi connectivity index (χ0) is 9.03. The molecule has 0 aromatic carbocycles. The Kier molecular flexibility index (Phi) is 3.85. The molecule has 0 atom stereocenters. The van der Waals surface area contributed by atoms with E-state index in [2.05, 4.69) is 19.2 Å². The summed E-state index contributed by atoms with van der Waals surface area (Å²) in [5.41, 5.74) is 0.212. The predicted molar refractivity (Wildman–Crippen MR) is 54.8 cm³/mol. The molecule has 0 radical (unpaired) electrons. The van der Waals surface area contributed by atoms with Crippen LogP contribution in [0.2, 0.25) is 0 Å². The number of rotatable bonds is 6. The van der Waals surface area contributed by atoms with Crippen molar-refractivity contribution >= 4 is 11.6 Å². The standard InChI is InChI=1S/C10H20ClN/c1-3-10(4-2,8-11)12-7-9-5-6-9/h9,12H,3-8H2,1-2H3. The molecule has 1 N–H and O–H groups in total. The quantitative estimate of drug-likeness (QED) is 0.634. The van der Waals surface area contributed by atoms with Crippen LogP contribution in [-0.2, 0) is 0 Å². The van der Waals surface area contributed by atoms with Gasteiger partial charge in [-0.05, 0) is 38.1 Å². The molecule has 0 bridgehead atoms. The van der Waals surface area contributed by atoms with Gasteiger partial charge in [0, 0.05) is 11.4 Å². The summed E-state index contributed by atoms with van der Waals surface area (Å²) < 4.78 is 0. The van der Waals surface area contributed by atoms with E-state index >= 15 is 0 Å². The fraction of sp³-hybridized carbons (Fsp3) is 1.00. The number of nitrogens with one attached hydrogen (secondary N) is 1. The highest BCUT2D eigenvalue weighted by atomic mass is 35.5. The molecule has 12 heavy (non-hydrogen) atoms. The maximum atomic E-state index is 5.97. The SMILES string of the molecule is CCC(CC)(CCl)NCC1CC1. The molecule has 1 aliphatic rings. The van der Waals surface area contributed by atoms with Crippen molar-refractivity contribution in [2.75, 3.05) is 12.4 Å². The summed E-state index contributed by atoms with van der Waals surface area (Å²) in [7, 11) is 0. The van der Waals surface area contributed by atoms with Gasteiger partial charge in [-0.1, -0.05) is 13.8 Å². The van der Waals surface area contributed by atoms with Gasteiger partial charge in [-0.3, -0.25) is 0 Å². The highest BCUT2D eigenvalue weighted by molar-refractivity contribution is 6.18. The van der Waals surface area contributed by atoms with Crippen LogP contribution < -0.4 is 5.32 Å². The fourth-order valence-electron chi connectivity index (χ4n) is 1.42. The molecule has 0 aromatic rings. The zero-order valence-corrected chi connectivity index (χ0v) is 8.95. The molecule has 0 amide bonds. The number of hydrogen-bond donors (Lipinski definition) is 1. The van der Waals surface area contributed by atoms with Crippen LogP contribution in [0, 0.1) is 5.92 Å². The second kappa shape index (κ2) is 4.48. The van der Waals surface area contributed by atoms with E-state index in [1.807, 2.05) is 0 Å². The summed E-state index contributed by atoms with van der Waals surface area (Å²) in [4.78, 5) is 0. The largest absolute Gasteiger partial charge is 0.310 e. The van der Waals surface area contributed by atoms with Gasteiger partial charge in [0.15, 0.2) is 0 Å². The van der Waals surface area contributed by atoms with Crippen LogP contribution in [0.1, 0.15) is 39.5 Å². The molecule has 1 fully saturated rings. The zero-order valence-electron chi connectivity index (χ0n) is 8.20. The summed E-state index contributed by atoms with van der Waals surface area (Å²) in [5, 5.41) is 3.61. The van der Waals surface area contributed by atoms with Crippen LogP contribution >= 0.6 is 11.6 Å². The summed E-state index contributed by atoms with van der Waals surface area (Å²) >= 11 is 5.97. The van der Waals surface area contributed by atoms with Gasteiger partial charge in [-0.2, -0.15) is 0 Å². The molecule has 1 saturated carbocycles. The number of hydrogen-bond acceptors (Lipinski definition) is 1. The Hall–Kier alpha value is 0.250. The molecule has 0 aromatic heterocycles. The van der Waals surface area contributed by atoms with Gasteiger partial charge in [0.05, 0.1) is 0 Å². The second-order valence-corrected chi connectivity index (χ2v) is 4.21. The lowest BCUT2D eigenvalue weighted by Gasteiger charge is -2.30. The molecule has 72 valence electrons. The Bertz CT molecular complexity index is 120. The van der Waals surface area contributed by atoms with Gasteiger partial charge in [-0.15, -0.1) is 11.6 Å². The minimum atomic E-state index is 0.212. The molecule has 0 unspecified atom stereocenters. The molecular weight excluding hydrogens is 170 g/mol. The van der Waals surface area contributed by atoms with E-state index in [1.165, 1.54) is 19.4 Å². The van der Waals surface area contributed by atoms with E-state index in [4.69, 9.17) is 11.6 Å². The Balaban J connectivity index is 2.28. The number of alkyl halides is 1. The van der Waals surface area contributed by atoms with Crippen molar-refractivity contribution in [1.82, 2.24) is 5.32 Å². The highest BCUT2D eigenvalue weighted by Crippen LogP contribution is 2.29. The highest BCUT2D eigenvalue weighted by Gasteiger charge is 2.28. The Morgan fingerprint density at radius 3 is 2.25 bits per heavy atom. The van der Waals surface area contributed by atoms with Crippen LogP contribution in [0.15, 0.2) is 0 Å². The second-order valence-electron chi connectivity index (χ2n) is 3.95. The van der Waals surface area contributed by atoms with E-state index in [-0.39, 0.29) is 5.54 Å². The molecule has 0 heterocycles. The molecule has 1 nitrogen and oxygen atoms in total. The normalized spacial score (nSPS) is 18.2. The summed E-state index contributed by atoms with van der Waals surface area (Å²) in [6, 6.07) is 0. The van der Waals surface area contributed by atoms with Crippen molar-refractivity contribution in [1.29, 1.82) is 0 Å². The summed E-state index contributed by atoms with van der Waals surface area (Å²) in [6.07, 6.45) is 5.11. The van der Waals surface area contributed by atoms with Crippen molar-refractivity contribution in [3.05, 3.63) is 0 Å². The molecule has 1 rings (SSSR count). The molecule has 0 aliphatic heterocycles. The van der Waals surface area contributed by atoms with Gasteiger partial charge in [0.2, 0.25) is 0 Å². The van der Waals surface area contributed by atoms with Gasteiger partial charge in [-0.25, -0.2) is 0 Å². The molecule has 0 saturated heterocycles. The van der Waals surface area contributed by atoms with Crippen LogP contribution in [0.25, 0.3) is 0 Å². The van der Waals surface area contributed by atoms with Crippen LogP contribution in [-0.4, -0.2) is 18.0 Å². The van der Waals surface area contributed by atoms with Crippen molar-refractivity contribution < 1.29 is 0 Å². The first-order valence-corrected chi connectivity index (χ1v) is 5.60. The minimum absolute atomic E-state index is 0.212. The smallest absolute Gasteiger partial charge is 0.0405 e. The van der Waals surface area contributed by atoms with Gasteiger partial charge < -0.3 is 5.32 Å². The van der Waals surface area contributed by atoms with E-state index in [0.29, 0.717) is 0 Å². The third-order valence-corrected chi connectivity index (χ3v) is 3.58. The van der Waals surface area contributed by atoms with Crippen LogP contribution in [0.3, 0.4) is 0 Å². The first kappa shape index (κ1) is 10.3. The average Bonchev–Trinajstić information content (AvgIpc) is 2.92. The van der Waals surface area contributed by atoms with E-state index in [1.54, 1.807) is 0 Å². The van der Waals surface area contributed by atoms with E-state index in [9.17, 15) is 0 Å². The first-order chi connectivity index (χ1) is 5.76. The third-order valence-electron chi connectivity index (χ3n) is 3.07. The molecule has 0 spiro atoms. The Morgan fingerprint density at radius 1 is 1.33 bits per heavy atom. The Labute approximate surface area is 80.9 Å². The van der Waals surface area contributed by atoms with Gasteiger partial charge in [0.1, 0.15) is 0 Å². The lowest BCUT2D eigenvalue weighted by Crippen LogP contribution is -2.46. The molecule has 1 aliphatic carbocycles. The third kappa shape index (κ3) is 2.63. The van der Waals surface area contributed by atoms with Crippen molar-refractivity contribution in [2.24, 2.45) is 5.92 Å². The van der Waals surface area contributed by atoms with Gasteiger partial charge in [0.25, 0.3) is 0 Å². The topological polar surface area (TPSA) is 12.0 Å². The first-order valence-electron chi connectivity index (χ1n) is 5.07. The molecular formula is C10H20ClN. The average molecular weight is 190 g/mol. The van der Waals surface area contributed by atoms with Crippen molar-refractivity contribution in [3.63, 3.8) is 0 Å². The van der Waals surface area contributed by atoms with Crippen LogP contribution in [0.4, 0.5) is 0 Å². The summed E-state index contributed by atoms with van der Waals surface area (Å²) in [6.45, 7) is 5.60. The van der Waals surface area contributed by atoms with E-state index < -0.39 is 0 Å².